The molecular formula is C12H15NO3. The number of carboxylic acids is 1. The van der Waals surface area contributed by atoms with Gasteiger partial charge in [-0.25, -0.2) is 0 Å². The number of anilines is 1. The lowest BCUT2D eigenvalue weighted by Crippen LogP contribution is -2.17. The summed E-state index contributed by atoms with van der Waals surface area (Å²) in [6, 6.07) is 6.87. The highest BCUT2D eigenvalue weighted by molar-refractivity contribution is 5.92. The van der Waals surface area contributed by atoms with Gasteiger partial charge >= 0.3 is 5.97 Å². The van der Waals surface area contributed by atoms with Crippen molar-refractivity contribution in [2.24, 2.45) is 5.92 Å². The van der Waals surface area contributed by atoms with Crippen LogP contribution < -0.4 is 5.32 Å². The number of aliphatic carboxylic acids is 1. The zero-order valence-electron chi connectivity index (χ0n) is 9.36. The number of hydrogen-bond acceptors (Lipinski definition) is 2. The highest BCUT2D eigenvalue weighted by Gasteiger charge is 2.07. The number of nitrogens with one attached hydrogen (secondary N) is 1. The Morgan fingerprint density at radius 2 is 2.06 bits per heavy atom. The predicted octanol–water partition coefficient (Wildman–Crippen LogP) is 1.91. The van der Waals surface area contributed by atoms with E-state index in [1.165, 1.54) is 0 Å². The average Bonchev–Trinajstić information content (AvgIpc) is 2.16. The number of rotatable bonds is 4. The number of amides is 1. The van der Waals surface area contributed by atoms with Crippen LogP contribution in [0.4, 0.5) is 5.69 Å². The van der Waals surface area contributed by atoms with E-state index in [0.29, 0.717) is 11.3 Å². The second-order valence-corrected chi connectivity index (χ2v) is 3.91. The Balaban J connectivity index is 2.74. The summed E-state index contributed by atoms with van der Waals surface area (Å²) < 4.78 is 0. The molecule has 0 saturated carbocycles. The van der Waals surface area contributed by atoms with Gasteiger partial charge in [0, 0.05) is 11.6 Å². The van der Waals surface area contributed by atoms with Crippen LogP contribution in [-0.4, -0.2) is 17.0 Å². The van der Waals surface area contributed by atoms with Gasteiger partial charge in [0.05, 0.1) is 6.42 Å². The van der Waals surface area contributed by atoms with Gasteiger partial charge in [0.2, 0.25) is 5.91 Å². The summed E-state index contributed by atoms with van der Waals surface area (Å²) >= 11 is 0. The summed E-state index contributed by atoms with van der Waals surface area (Å²) in [6.45, 7) is 3.60. The molecule has 0 radical (unpaired) electrons. The van der Waals surface area contributed by atoms with Crippen LogP contribution in [0.2, 0.25) is 0 Å². The molecule has 2 N–H and O–H groups in total. The molecule has 0 heterocycles. The minimum Gasteiger partial charge on any atom is -0.481 e. The molecule has 4 heteroatoms. The average molecular weight is 221 g/mol. The first-order valence-corrected chi connectivity index (χ1v) is 5.10. The molecule has 0 fully saturated rings. The molecule has 0 unspecified atom stereocenters. The Hall–Kier alpha value is -1.84. The van der Waals surface area contributed by atoms with E-state index in [2.05, 4.69) is 5.32 Å². The van der Waals surface area contributed by atoms with Crippen LogP contribution in [0.25, 0.3) is 0 Å². The third-order valence-corrected chi connectivity index (χ3v) is 2.07. The number of carbonyl (C=O) groups is 2. The molecule has 1 amide bonds. The molecule has 16 heavy (non-hydrogen) atoms. The Bertz CT molecular complexity index is 399. The minimum atomic E-state index is -0.882. The van der Waals surface area contributed by atoms with Crippen LogP contribution in [0.5, 0.6) is 0 Å². The summed E-state index contributed by atoms with van der Waals surface area (Å²) in [5, 5.41) is 11.4. The third kappa shape index (κ3) is 3.73. The van der Waals surface area contributed by atoms with Gasteiger partial charge in [0.25, 0.3) is 0 Å². The van der Waals surface area contributed by atoms with Crippen LogP contribution in [0.1, 0.15) is 19.4 Å². The van der Waals surface area contributed by atoms with Crippen molar-refractivity contribution in [1.29, 1.82) is 0 Å². The largest absolute Gasteiger partial charge is 0.481 e. The quantitative estimate of drug-likeness (QED) is 0.816. The van der Waals surface area contributed by atoms with Gasteiger partial charge in [-0.05, 0) is 17.7 Å². The SMILES string of the molecule is CC(C)C(=O)Nc1cccc(CC(=O)O)c1. The lowest BCUT2D eigenvalue weighted by atomic mass is 10.1. The van der Waals surface area contributed by atoms with Crippen LogP contribution >= 0.6 is 0 Å². The highest BCUT2D eigenvalue weighted by atomic mass is 16.4. The van der Waals surface area contributed by atoms with Gasteiger partial charge in [0.1, 0.15) is 0 Å². The van der Waals surface area contributed by atoms with Crippen molar-refractivity contribution in [3.63, 3.8) is 0 Å². The zero-order valence-corrected chi connectivity index (χ0v) is 9.36. The highest BCUT2D eigenvalue weighted by Crippen LogP contribution is 2.12. The van der Waals surface area contributed by atoms with E-state index in [1.54, 1.807) is 38.1 Å². The van der Waals surface area contributed by atoms with E-state index in [4.69, 9.17) is 5.11 Å². The molecule has 4 nitrogen and oxygen atoms in total. The molecule has 0 aromatic heterocycles. The number of carboxylic acid groups (broad SMARTS) is 1. The fraction of sp³-hybridized carbons (Fsp3) is 0.333. The van der Waals surface area contributed by atoms with Crippen molar-refractivity contribution in [1.82, 2.24) is 0 Å². The maximum atomic E-state index is 11.4. The lowest BCUT2D eigenvalue weighted by molar-refractivity contribution is -0.136. The van der Waals surface area contributed by atoms with E-state index >= 15 is 0 Å². The van der Waals surface area contributed by atoms with Gasteiger partial charge in [0.15, 0.2) is 0 Å². The lowest BCUT2D eigenvalue weighted by Gasteiger charge is -2.08. The van der Waals surface area contributed by atoms with Crippen molar-refractivity contribution in [2.45, 2.75) is 20.3 Å². The second kappa shape index (κ2) is 5.30. The minimum absolute atomic E-state index is 0.0363. The molecule has 0 spiro atoms. The third-order valence-electron chi connectivity index (χ3n) is 2.07. The standard InChI is InChI=1S/C12H15NO3/c1-8(2)12(16)13-10-5-3-4-9(6-10)7-11(14)15/h3-6,8H,7H2,1-2H3,(H,13,16)(H,14,15). The second-order valence-electron chi connectivity index (χ2n) is 3.91. The zero-order chi connectivity index (χ0) is 12.1. The fourth-order valence-corrected chi connectivity index (χ4v) is 1.22. The molecule has 1 aromatic carbocycles. The van der Waals surface area contributed by atoms with E-state index in [1.807, 2.05) is 0 Å². The Morgan fingerprint density at radius 1 is 1.38 bits per heavy atom. The van der Waals surface area contributed by atoms with Crippen LogP contribution in [0.15, 0.2) is 24.3 Å². The molecule has 0 aliphatic rings. The predicted molar refractivity (Wildman–Crippen MR) is 61.2 cm³/mol. The molecular weight excluding hydrogens is 206 g/mol. The summed E-state index contributed by atoms with van der Waals surface area (Å²) in [6.07, 6.45) is -0.0363. The Kier molecular flexibility index (Phi) is 4.05. The molecule has 0 aliphatic carbocycles. The summed E-state index contributed by atoms with van der Waals surface area (Å²) in [4.78, 5) is 21.9. The smallest absolute Gasteiger partial charge is 0.307 e. The van der Waals surface area contributed by atoms with Gasteiger partial charge in [-0.15, -0.1) is 0 Å². The first kappa shape index (κ1) is 12.2. The fourth-order valence-electron chi connectivity index (χ4n) is 1.22. The van der Waals surface area contributed by atoms with Gasteiger partial charge in [-0.2, -0.15) is 0 Å². The monoisotopic (exact) mass is 221 g/mol. The first-order chi connectivity index (χ1) is 7.49. The first-order valence-electron chi connectivity index (χ1n) is 5.10. The number of hydrogen-bond donors (Lipinski definition) is 2. The van der Waals surface area contributed by atoms with Crippen LogP contribution in [0, 0.1) is 5.92 Å². The molecule has 1 rings (SSSR count). The summed E-state index contributed by atoms with van der Waals surface area (Å²) in [7, 11) is 0. The van der Waals surface area contributed by atoms with E-state index in [-0.39, 0.29) is 18.2 Å². The normalized spacial score (nSPS) is 10.2. The molecule has 0 bridgehead atoms. The molecule has 0 aliphatic heterocycles. The topological polar surface area (TPSA) is 66.4 Å². The van der Waals surface area contributed by atoms with Crippen molar-refractivity contribution in [3.8, 4) is 0 Å². The van der Waals surface area contributed by atoms with Crippen LogP contribution in [0.3, 0.4) is 0 Å². The van der Waals surface area contributed by atoms with Crippen LogP contribution in [-0.2, 0) is 16.0 Å². The van der Waals surface area contributed by atoms with Crippen molar-refractivity contribution in [3.05, 3.63) is 29.8 Å². The maximum absolute atomic E-state index is 11.4. The van der Waals surface area contributed by atoms with Crippen molar-refractivity contribution >= 4 is 17.6 Å². The van der Waals surface area contributed by atoms with E-state index in [9.17, 15) is 9.59 Å². The number of benzene rings is 1. The molecule has 1 aromatic rings. The Morgan fingerprint density at radius 3 is 2.62 bits per heavy atom. The molecule has 0 saturated heterocycles. The Labute approximate surface area is 94.3 Å². The van der Waals surface area contributed by atoms with Crippen molar-refractivity contribution in [2.75, 3.05) is 5.32 Å². The molecule has 86 valence electrons. The molecule has 0 atom stereocenters. The van der Waals surface area contributed by atoms with Gasteiger partial charge < -0.3 is 10.4 Å². The summed E-state index contributed by atoms with van der Waals surface area (Å²) in [5.41, 5.74) is 1.31. The van der Waals surface area contributed by atoms with Gasteiger partial charge in [-0.1, -0.05) is 26.0 Å². The maximum Gasteiger partial charge on any atom is 0.307 e. The van der Waals surface area contributed by atoms with E-state index in [0.717, 1.165) is 0 Å². The van der Waals surface area contributed by atoms with Gasteiger partial charge in [-0.3, -0.25) is 9.59 Å². The number of carbonyl (C=O) groups excluding carboxylic acids is 1. The van der Waals surface area contributed by atoms with E-state index < -0.39 is 5.97 Å². The summed E-state index contributed by atoms with van der Waals surface area (Å²) in [5.74, 6) is -1.05. The van der Waals surface area contributed by atoms with Crippen molar-refractivity contribution < 1.29 is 14.7 Å².